The molecule has 1 saturated carbocycles. The summed E-state index contributed by atoms with van der Waals surface area (Å²) in [5.41, 5.74) is 1.23. The Hall–Kier alpha value is -0.540. The summed E-state index contributed by atoms with van der Waals surface area (Å²) in [5.74, 6) is 1.73. The van der Waals surface area contributed by atoms with E-state index in [1.807, 2.05) is 23.9 Å². The number of halogens is 1. The van der Waals surface area contributed by atoms with Crippen molar-refractivity contribution in [3.63, 3.8) is 0 Å². The summed E-state index contributed by atoms with van der Waals surface area (Å²) < 4.78 is 13.0. The van der Waals surface area contributed by atoms with E-state index >= 15 is 0 Å². The molecule has 0 radical (unpaired) electrons. The fourth-order valence-electron chi connectivity index (χ4n) is 2.34. The average Bonchev–Trinajstić information content (AvgIpc) is 3.20. The van der Waals surface area contributed by atoms with Crippen LogP contribution < -0.4 is 5.32 Å². The molecule has 0 heterocycles. The summed E-state index contributed by atoms with van der Waals surface area (Å²) in [4.78, 5) is 0. The number of hydrogen-bond acceptors (Lipinski definition) is 2. The molecule has 2 rings (SSSR count). The molecule has 1 aliphatic carbocycles. The zero-order valence-corrected chi connectivity index (χ0v) is 12.0. The van der Waals surface area contributed by atoms with Crippen LogP contribution in [0.15, 0.2) is 24.3 Å². The maximum atomic E-state index is 13.0. The highest BCUT2D eigenvalue weighted by Crippen LogP contribution is 2.41. The van der Waals surface area contributed by atoms with Gasteiger partial charge in [0.1, 0.15) is 5.82 Å². The largest absolute Gasteiger partial charge is 0.306 e. The standard InChI is InChI=1S/C15H22FNS/c1-3-14(10-18-2)17-15(11-4-5-11)12-6-8-13(16)9-7-12/h6-9,11,14-15,17H,3-5,10H2,1-2H3. The first kappa shape index (κ1) is 13.9. The van der Waals surface area contributed by atoms with Gasteiger partial charge in [0, 0.05) is 17.8 Å². The van der Waals surface area contributed by atoms with Gasteiger partial charge >= 0.3 is 0 Å². The van der Waals surface area contributed by atoms with Crippen molar-refractivity contribution in [2.75, 3.05) is 12.0 Å². The van der Waals surface area contributed by atoms with E-state index in [0.717, 1.165) is 18.1 Å². The van der Waals surface area contributed by atoms with Crippen molar-refractivity contribution in [1.82, 2.24) is 5.32 Å². The van der Waals surface area contributed by atoms with Gasteiger partial charge in [0.2, 0.25) is 0 Å². The molecule has 1 fully saturated rings. The first-order valence-electron chi connectivity index (χ1n) is 6.75. The van der Waals surface area contributed by atoms with Crippen molar-refractivity contribution in [3.8, 4) is 0 Å². The van der Waals surface area contributed by atoms with Crippen molar-refractivity contribution in [2.45, 2.75) is 38.3 Å². The van der Waals surface area contributed by atoms with Gasteiger partial charge in [-0.3, -0.25) is 0 Å². The van der Waals surface area contributed by atoms with Crippen molar-refractivity contribution >= 4 is 11.8 Å². The lowest BCUT2D eigenvalue weighted by Crippen LogP contribution is -2.35. The average molecular weight is 267 g/mol. The molecule has 100 valence electrons. The summed E-state index contributed by atoms with van der Waals surface area (Å²) in [6, 6.07) is 7.95. The van der Waals surface area contributed by atoms with Crippen LogP contribution in [0.5, 0.6) is 0 Å². The smallest absolute Gasteiger partial charge is 0.123 e. The Bertz CT molecular complexity index is 361. The third kappa shape index (κ3) is 3.72. The minimum Gasteiger partial charge on any atom is -0.306 e. The van der Waals surface area contributed by atoms with E-state index in [2.05, 4.69) is 18.5 Å². The molecule has 0 bridgehead atoms. The van der Waals surface area contributed by atoms with E-state index in [9.17, 15) is 4.39 Å². The van der Waals surface area contributed by atoms with Crippen LogP contribution in [0.25, 0.3) is 0 Å². The van der Waals surface area contributed by atoms with Crippen LogP contribution in [0.4, 0.5) is 4.39 Å². The van der Waals surface area contributed by atoms with Crippen molar-refractivity contribution in [2.24, 2.45) is 5.92 Å². The maximum Gasteiger partial charge on any atom is 0.123 e. The summed E-state index contributed by atoms with van der Waals surface area (Å²) >= 11 is 1.88. The SMILES string of the molecule is CCC(CSC)NC(c1ccc(F)cc1)C1CC1. The van der Waals surface area contributed by atoms with E-state index < -0.39 is 0 Å². The fourth-order valence-corrected chi connectivity index (χ4v) is 3.08. The van der Waals surface area contributed by atoms with Crippen LogP contribution in [0.1, 0.15) is 37.8 Å². The topological polar surface area (TPSA) is 12.0 Å². The lowest BCUT2D eigenvalue weighted by molar-refractivity contribution is 0.416. The molecule has 0 aliphatic heterocycles. The van der Waals surface area contributed by atoms with Gasteiger partial charge in [-0.1, -0.05) is 19.1 Å². The van der Waals surface area contributed by atoms with Crippen LogP contribution in [0.2, 0.25) is 0 Å². The van der Waals surface area contributed by atoms with Gasteiger partial charge in [-0.2, -0.15) is 11.8 Å². The molecular formula is C15H22FNS. The van der Waals surface area contributed by atoms with Crippen LogP contribution in [0, 0.1) is 11.7 Å². The Kier molecular flexibility index (Phi) is 5.07. The number of thioether (sulfide) groups is 1. The minimum atomic E-state index is -0.149. The lowest BCUT2D eigenvalue weighted by atomic mass is 10.0. The Balaban J connectivity index is 2.05. The third-order valence-electron chi connectivity index (χ3n) is 3.60. The van der Waals surface area contributed by atoms with Crippen LogP contribution in [-0.4, -0.2) is 18.1 Å². The van der Waals surface area contributed by atoms with Gasteiger partial charge in [0.05, 0.1) is 0 Å². The van der Waals surface area contributed by atoms with Crippen LogP contribution in [-0.2, 0) is 0 Å². The zero-order valence-electron chi connectivity index (χ0n) is 11.2. The molecular weight excluding hydrogens is 245 g/mol. The summed E-state index contributed by atoms with van der Waals surface area (Å²) in [6.07, 6.45) is 5.88. The first-order chi connectivity index (χ1) is 8.74. The third-order valence-corrected chi connectivity index (χ3v) is 4.33. The lowest BCUT2D eigenvalue weighted by Gasteiger charge is -2.25. The predicted octanol–water partition coefficient (Wildman–Crippen LogP) is 4.01. The van der Waals surface area contributed by atoms with Crippen molar-refractivity contribution in [1.29, 1.82) is 0 Å². The van der Waals surface area contributed by atoms with E-state index in [4.69, 9.17) is 0 Å². The Morgan fingerprint density at radius 1 is 1.33 bits per heavy atom. The van der Waals surface area contributed by atoms with Gasteiger partial charge in [-0.05, 0) is 49.1 Å². The number of rotatable bonds is 7. The zero-order chi connectivity index (χ0) is 13.0. The molecule has 2 atom stereocenters. The van der Waals surface area contributed by atoms with E-state index in [-0.39, 0.29) is 5.82 Å². The number of benzene rings is 1. The summed E-state index contributed by atoms with van der Waals surface area (Å²) in [6.45, 7) is 2.22. The molecule has 1 aliphatic rings. The van der Waals surface area contributed by atoms with Gasteiger partial charge in [-0.15, -0.1) is 0 Å². The Morgan fingerprint density at radius 3 is 2.50 bits per heavy atom. The molecule has 18 heavy (non-hydrogen) atoms. The normalized spacial score (nSPS) is 18.6. The first-order valence-corrected chi connectivity index (χ1v) is 8.14. The highest BCUT2D eigenvalue weighted by atomic mass is 32.2. The van der Waals surface area contributed by atoms with E-state index in [1.54, 1.807) is 12.1 Å². The highest BCUT2D eigenvalue weighted by molar-refractivity contribution is 7.98. The molecule has 1 aromatic rings. The molecule has 0 aromatic heterocycles. The Labute approximate surface area is 114 Å². The van der Waals surface area contributed by atoms with Gasteiger partial charge in [0.15, 0.2) is 0 Å². The minimum absolute atomic E-state index is 0.149. The fraction of sp³-hybridized carbons (Fsp3) is 0.600. The molecule has 1 nitrogen and oxygen atoms in total. The molecule has 0 saturated heterocycles. The van der Waals surface area contributed by atoms with Gasteiger partial charge in [0.25, 0.3) is 0 Å². The molecule has 0 spiro atoms. The van der Waals surface area contributed by atoms with Gasteiger partial charge < -0.3 is 5.32 Å². The number of nitrogens with one attached hydrogen (secondary N) is 1. The molecule has 2 unspecified atom stereocenters. The monoisotopic (exact) mass is 267 g/mol. The van der Waals surface area contributed by atoms with Gasteiger partial charge in [-0.25, -0.2) is 4.39 Å². The Morgan fingerprint density at radius 2 is 2.00 bits per heavy atom. The second-order valence-electron chi connectivity index (χ2n) is 5.09. The predicted molar refractivity (Wildman–Crippen MR) is 77.5 cm³/mol. The van der Waals surface area contributed by atoms with Crippen molar-refractivity contribution in [3.05, 3.63) is 35.6 Å². The molecule has 1 N–H and O–H groups in total. The second-order valence-corrected chi connectivity index (χ2v) is 6.00. The second kappa shape index (κ2) is 6.58. The van der Waals surface area contributed by atoms with E-state index in [1.165, 1.54) is 18.4 Å². The maximum absolute atomic E-state index is 13.0. The summed E-state index contributed by atoms with van der Waals surface area (Å²) in [5, 5.41) is 3.76. The van der Waals surface area contributed by atoms with Crippen LogP contribution >= 0.6 is 11.8 Å². The summed E-state index contributed by atoms with van der Waals surface area (Å²) in [7, 11) is 0. The van der Waals surface area contributed by atoms with Crippen LogP contribution in [0.3, 0.4) is 0 Å². The van der Waals surface area contributed by atoms with Crippen molar-refractivity contribution < 1.29 is 4.39 Å². The number of hydrogen-bond donors (Lipinski definition) is 1. The quantitative estimate of drug-likeness (QED) is 0.801. The molecule has 3 heteroatoms. The molecule has 1 aromatic carbocycles. The molecule has 0 amide bonds. The highest BCUT2D eigenvalue weighted by Gasteiger charge is 2.33. The van der Waals surface area contributed by atoms with E-state index in [0.29, 0.717) is 12.1 Å².